The number of piperidine rings is 1. The van der Waals surface area contributed by atoms with Gasteiger partial charge >= 0.3 is 0 Å². The summed E-state index contributed by atoms with van der Waals surface area (Å²) in [7, 11) is 0. The van der Waals surface area contributed by atoms with Crippen molar-refractivity contribution < 1.29 is 0 Å². The first-order chi connectivity index (χ1) is 22.5. The first kappa shape index (κ1) is 38.2. The average Bonchev–Trinajstić information content (AvgIpc) is 3.05. The van der Waals surface area contributed by atoms with Crippen LogP contribution in [0, 0.1) is 55.4 Å². The molecule has 2 heterocycles. The first-order valence-electron chi connectivity index (χ1n) is 17.3. The van der Waals surface area contributed by atoms with Gasteiger partial charge in [0.1, 0.15) is 0 Å². The summed E-state index contributed by atoms with van der Waals surface area (Å²) in [5, 5.41) is 0. The molecule has 1 aliphatic rings. The Morgan fingerprint density at radius 1 is 0.612 bits per heavy atom. The Labute approximate surface area is 307 Å². The zero-order valence-electron chi connectivity index (χ0n) is 30.6. The van der Waals surface area contributed by atoms with Crippen LogP contribution in [0.3, 0.4) is 0 Å². The smallest absolute Gasteiger partial charge is 0.0705 e. The van der Waals surface area contributed by atoms with Gasteiger partial charge in [0.2, 0.25) is 0 Å². The molecular weight excluding hydrogens is 641 g/mol. The van der Waals surface area contributed by atoms with E-state index in [9.17, 15) is 0 Å². The zero-order valence-corrected chi connectivity index (χ0v) is 32.2. The molecule has 0 saturated carbocycles. The van der Waals surface area contributed by atoms with E-state index in [-0.39, 0.29) is 24.8 Å². The van der Waals surface area contributed by atoms with Crippen LogP contribution in [0.15, 0.2) is 85.1 Å². The molecule has 0 aliphatic carbocycles. The summed E-state index contributed by atoms with van der Waals surface area (Å²) in [4.78, 5) is 10.1. The average molecular weight is 695 g/mol. The molecule has 0 amide bonds. The molecule has 49 heavy (non-hydrogen) atoms. The molecule has 6 rings (SSSR count). The second-order valence-electron chi connectivity index (χ2n) is 14.2. The van der Waals surface area contributed by atoms with Crippen LogP contribution in [0.5, 0.6) is 0 Å². The van der Waals surface area contributed by atoms with Gasteiger partial charge < -0.3 is 4.90 Å². The Morgan fingerprint density at radius 2 is 1.18 bits per heavy atom. The number of hydrogen-bond donors (Lipinski definition) is 0. The number of hydrogen-bond acceptors (Lipinski definition) is 3. The standard InChI is InChI=1S/C44H51N3.2ClH/c1-29-18-30(2)20-43(19-29)47(28-37-10-9-11-39(25-37)40-21-31(3)35(7)32(4)22-40)42-13-16-46(17-14-42)27-38-12-15-45-44(26-38)41-23-33(5)36(8)34(6)24-41;;/h9-12,15,18-26,42H,13-14,16-17,27-28H2,1-8H3;2*1H. The summed E-state index contributed by atoms with van der Waals surface area (Å²) in [5.74, 6) is 0. The van der Waals surface area contributed by atoms with Crippen LogP contribution in [0.2, 0.25) is 0 Å². The van der Waals surface area contributed by atoms with Gasteiger partial charge in [0, 0.05) is 49.7 Å². The van der Waals surface area contributed by atoms with Gasteiger partial charge in [0.15, 0.2) is 0 Å². The van der Waals surface area contributed by atoms with Crippen LogP contribution in [-0.4, -0.2) is 29.0 Å². The molecule has 3 nitrogen and oxygen atoms in total. The van der Waals surface area contributed by atoms with Gasteiger partial charge in [-0.3, -0.25) is 9.88 Å². The molecule has 5 heteroatoms. The van der Waals surface area contributed by atoms with Crippen molar-refractivity contribution in [1.29, 1.82) is 0 Å². The number of rotatable bonds is 8. The van der Waals surface area contributed by atoms with E-state index in [4.69, 9.17) is 4.98 Å². The van der Waals surface area contributed by atoms with Gasteiger partial charge in [-0.1, -0.05) is 36.4 Å². The van der Waals surface area contributed by atoms with E-state index < -0.39 is 0 Å². The predicted octanol–water partition coefficient (Wildman–Crippen LogP) is 11.4. The van der Waals surface area contributed by atoms with Crippen molar-refractivity contribution in [3.63, 3.8) is 0 Å². The molecule has 258 valence electrons. The lowest BCUT2D eigenvalue weighted by Gasteiger charge is -2.40. The fraction of sp³-hybridized carbons (Fsp3) is 0.341. The van der Waals surface area contributed by atoms with Crippen molar-refractivity contribution in [3.8, 4) is 22.4 Å². The molecular formula is C44H53Cl2N3. The maximum Gasteiger partial charge on any atom is 0.0705 e. The van der Waals surface area contributed by atoms with E-state index in [1.807, 2.05) is 6.20 Å². The maximum absolute atomic E-state index is 4.75. The number of pyridine rings is 1. The number of halogens is 2. The summed E-state index contributed by atoms with van der Waals surface area (Å²) < 4.78 is 0. The largest absolute Gasteiger partial charge is 0.364 e. The Kier molecular flexibility index (Phi) is 12.8. The van der Waals surface area contributed by atoms with Gasteiger partial charge in [-0.25, -0.2) is 0 Å². The number of aromatic nitrogens is 1. The normalized spacial score (nSPS) is 13.5. The third kappa shape index (κ3) is 8.94. The molecule has 0 N–H and O–H groups in total. The first-order valence-corrected chi connectivity index (χ1v) is 17.3. The maximum atomic E-state index is 4.75. The molecule has 4 aromatic carbocycles. The number of nitrogens with zero attached hydrogens (tertiary/aromatic N) is 3. The van der Waals surface area contributed by atoms with Crippen LogP contribution in [-0.2, 0) is 13.1 Å². The number of anilines is 1. The second kappa shape index (κ2) is 16.4. The van der Waals surface area contributed by atoms with Crippen molar-refractivity contribution in [2.75, 3.05) is 18.0 Å². The highest BCUT2D eigenvalue weighted by atomic mass is 35.5. The van der Waals surface area contributed by atoms with Crippen LogP contribution in [0.1, 0.15) is 68.5 Å². The molecule has 1 aliphatic heterocycles. The Hall–Kier alpha value is -3.63. The minimum atomic E-state index is 0. The Morgan fingerprint density at radius 3 is 1.78 bits per heavy atom. The number of aryl methyl sites for hydroxylation is 6. The van der Waals surface area contributed by atoms with E-state index in [0.717, 1.165) is 44.7 Å². The third-order valence-electron chi connectivity index (χ3n) is 10.5. The molecule has 0 spiro atoms. The fourth-order valence-corrected chi connectivity index (χ4v) is 7.36. The van der Waals surface area contributed by atoms with Crippen LogP contribution in [0.25, 0.3) is 22.4 Å². The van der Waals surface area contributed by atoms with Crippen LogP contribution < -0.4 is 4.90 Å². The van der Waals surface area contributed by atoms with E-state index in [0.29, 0.717) is 6.04 Å². The summed E-state index contributed by atoms with van der Waals surface area (Å²) in [6, 6.07) is 30.5. The van der Waals surface area contributed by atoms with Crippen molar-refractivity contribution in [2.24, 2.45) is 0 Å². The summed E-state index contributed by atoms with van der Waals surface area (Å²) in [6.07, 6.45) is 4.28. The number of likely N-dealkylation sites (tertiary alicyclic amines) is 1. The molecule has 0 bridgehead atoms. The molecule has 1 saturated heterocycles. The van der Waals surface area contributed by atoms with Gasteiger partial charge in [0.25, 0.3) is 0 Å². The van der Waals surface area contributed by atoms with Gasteiger partial charge in [-0.15, -0.1) is 24.8 Å². The minimum absolute atomic E-state index is 0. The van der Waals surface area contributed by atoms with Crippen molar-refractivity contribution in [2.45, 2.75) is 87.4 Å². The third-order valence-corrected chi connectivity index (χ3v) is 10.5. The van der Waals surface area contributed by atoms with Gasteiger partial charge in [-0.2, -0.15) is 0 Å². The Bertz CT molecular complexity index is 1840. The SMILES string of the molecule is Cc1cc(C)cc(N(Cc2cccc(-c3cc(C)c(C)c(C)c3)c2)C2CCN(Cc3ccnc(-c4cc(C)c(C)c(C)c4)c3)CC2)c1.Cl.Cl. The molecule has 1 fully saturated rings. The summed E-state index contributed by atoms with van der Waals surface area (Å²) >= 11 is 0. The lowest BCUT2D eigenvalue weighted by molar-refractivity contribution is 0.201. The van der Waals surface area contributed by atoms with Crippen molar-refractivity contribution in [1.82, 2.24) is 9.88 Å². The van der Waals surface area contributed by atoms with E-state index in [1.165, 1.54) is 78.0 Å². The van der Waals surface area contributed by atoms with E-state index >= 15 is 0 Å². The van der Waals surface area contributed by atoms with Crippen LogP contribution in [0.4, 0.5) is 5.69 Å². The van der Waals surface area contributed by atoms with Gasteiger partial charge in [-0.05, 0) is 177 Å². The lowest BCUT2D eigenvalue weighted by Crippen LogP contribution is -2.44. The lowest BCUT2D eigenvalue weighted by atomic mass is 9.95. The Balaban J connectivity index is 0.00000270. The highest BCUT2D eigenvalue weighted by Gasteiger charge is 2.26. The summed E-state index contributed by atoms with van der Waals surface area (Å²) in [5.41, 5.74) is 19.7. The van der Waals surface area contributed by atoms with Crippen molar-refractivity contribution in [3.05, 3.63) is 141 Å². The fourth-order valence-electron chi connectivity index (χ4n) is 7.36. The molecule has 0 atom stereocenters. The number of benzene rings is 4. The van der Waals surface area contributed by atoms with E-state index in [1.54, 1.807) is 0 Å². The molecule has 5 aromatic rings. The van der Waals surface area contributed by atoms with Gasteiger partial charge in [0.05, 0.1) is 5.69 Å². The van der Waals surface area contributed by atoms with E-state index in [2.05, 4.69) is 144 Å². The monoisotopic (exact) mass is 693 g/mol. The van der Waals surface area contributed by atoms with Crippen LogP contribution >= 0.6 is 24.8 Å². The topological polar surface area (TPSA) is 19.4 Å². The molecule has 1 aromatic heterocycles. The highest BCUT2D eigenvalue weighted by Crippen LogP contribution is 2.31. The summed E-state index contributed by atoms with van der Waals surface area (Å²) in [6.45, 7) is 21.8. The second-order valence-corrected chi connectivity index (χ2v) is 14.2. The van der Waals surface area contributed by atoms with Crippen molar-refractivity contribution >= 4 is 30.5 Å². The highest BCUT2D eigenvalue weighted by molar-refractivity contribution is 5.85. The molecule has 0 unspecified atom stereocenters. The predicted molar refractivity (Wildman–Crippen MR) is 215 cm³/mol. The minimum Gasteiger partial charge on any atom is -0.364 e. The zero-order chi connectivity index (χ0) is 33.2. The molecule has 0 radical (unpaired) electrons. The quantitative estimate of drug-likeness (QED) is 0.161.